The van der Waals surface area contributed by atoms with Crippen molar-refractivity contribution in [1.82, 2.24) is 10.2 Å². The summed E-state index contributed by atoms with van der Waals surface area (Å²) in [5.74, 6) is 0.534. The van der Waals surface area contributed by atoms with E-state index in [2.05, 4.69) is 24.1 Å². The highest BCUT2D eigenvalue weighted by Gasteiger charge is 2.10. The summed E-state index contributed by atoms with van der Waals surface area (Å²) in [6, 6.07) is 7.11. The number of hydrogen-bond acceptors (Lipinski definition) is 4. The molecule has 1 unspecified atom stereocenters. The molecule has 20 heavy (non-hydrogen) atoms. The molecule has 0 aliphatic rings. The lowest BCUT2D eigenvalue weighted by Gasteiger charge is -2.23. The number of benzene rings is 1. The third kappa shape index (κ3) is 5.93. The molecule has 0 spiro atoms. The minimum atomic E-state index is -0.110. The number of nitrogen functional groups attached to an aromatic ring is 1. The molecular weight excluding hydrogens is 254 g/mol. The van der Waals surface area contributed by atoms with Crippen molar-refractivity contribution in [2.75, 3.05) is 32.0 Å². The Kier molecular flexibility index (Phi) is 6.87. The van der Waals surface area contributed by atoms with Crippen molar-refractivity contribution in [3.63, 3.8) is 0 Å². The highest BCUT2D eigenvalue weighted by molar-refractivity contribution is 5.77. The van der Waals surface area contributed by atoms with Gasteiger partial charge in [0.15, 0.2) is 6.61 Å². The van der Waals surface area contributed by atoms with Gasteiger partial charge in [-0.3, -0.25) is 4.79 Å². The molecule has 1 atom stereocenters. The summed E-state index contributed by atoms with van der Waals surface area (Å²) in [5.41, 5.74) is 6.26. The van der Waals surface area contributed by atoms with Crippen LogP contribution in [0, 0.1) is 0 Å². The number of anilines is 1. The number of carbonyl (C=O) groups is 1. The van der Waals surface area contributed by atoms with E-state index in [0.29, 0.717) is 11.4 Å². The Balaban J connectivity index is 2.30. The standard InChI is InChI=1S/C15H25N3O2/c1-4-18(5-2)10-12(3)17-15(19)11-20-14-8-6-13(16)7-9-14/h6-9,12H,4-5,10-11,16H2,1-3H3,(H,17,19). The fraction of sp³-hybridized carbons (Fsp3) is 0.533. The minimum Gasteiger partial charge on any atom is -0.484 e. The summed E-state index contributed by atoms with van der Waals surface area (Å²) in [7, 11) is 0. The van der Waals surface area contributed by atoms with Crippen LogP contribution in [-0.2, 0) is 4.79 Å². The first-order valence-corrected chi connectivity index (χ1v) is 7.05. The lowest BCUT2D eigenvalue weighted by atomic mass is 10.3. The van der Waals surface area contributed by atoms with Crippen LogP contribution in [0.2, 0.25) is 0 Å². The van der Waals surface area contributed by atoms with Gasteiger partial charge in [0.2, 0.25) is 0 Å². The molecule has 0 radical (unpaired) electrons. The highest BCUT2D eigenvalue weighted by atomic mass is 16.5. The van der Waals surface area contributed by atoms with Gasteiger partial charge in [-0.2, -0.15) is 0 Å². The Morgan fingerprint density at radius 1 is 1.30 bits per heavy atom. The fourth-order valence-corrected chi connectivity index (χ4v) is 1.94. The molecule has 0 heterocycles. The smallest absolute Gasteiger partial charge is 0.258 e. The first-order valence-electron chi connectivity index (χ1n) is 7.05. The van der Waals surface area contributed by atoms with Crippen molar-refractivity contribution < 1.29 is 9.53 Å². The molecule has 1 rings (SSSR count). The molecule has 1 amide bonds. The zero-order chi connectivity index (χ0) is 15.0. The number of amides is 1. The summed E-state index contributed by atoms with van der Waals surface area (Å²) in [6.45, 7) is 9.06. The molecule has 0 saturated heterocycles. The molecule has 0 fully saturated rings. The normalized spacial score (nSPS) is 12.2. The Bertz CT molecular complexity index is 402. The molecule has 3 N–H and O–H groups in total. The Morgan fingerprint density at radius 2 is 1.90 bits per heavy atom. The number of hydrogen-bond donors (Lipinski definition) is 2. The summed E-state index contributed by atoms with van der Waals surface area (Å²) in [4.78, 5) is 14.0. The average Bonchev–Trinajstić information content (AvgIpc) is 2.44. The van der Waals surface area contributed by atoms with Gasteiger partial charge >= 0.3 is 0 Å². The molecule has 1 aromatic rings. The average molecular weight is 279 g/mol. The summed E-state index contributed by atoms with van der Waals surface area (Å²) in [6.07, 6.45) is 0. The predicted molar refractivity (Wildman–Crippen MR) is 81.7 cm³/mol. The maximum absolute atomic E-state index is 11.8. The zero-order valence-corrected chi connectivity index (χ0v) is 12.6. The van der Waals surface area contributed by atoms with Crippen LogP contribution >= 0.6 is 0 Å². The Hall–Kier alpha value is -1.75. The van der Waals surface area contributed by atoms with E-state index in [4.69, 9.17) is 10.5 Å². The first kappa shape index (κ1) is 16.3. The van der Waals surface area contributed by atoms with E-state index in [-0.39, 0.29) is 18.6 Å². The molecule has 0 saturated carbocycles. The van der Waals surface area contributed by atoms with Crippen molar-refractivity contribution >= 4 is 11.6 Å². The van der Waals surface area contributed by atoms with E-state index in [9.17, 15) is 4.79 Å². The zero-order valence-electron chi connectivity index (χ0n) is 12.6. The van der Waals surface area contributed by atoms with Gasteiger partial charge in [-0.25, -0.2) is 0 Å². The highest BCUT2D eigenvalue weighted by Crippen LogP contribution is 2.12. The second-order valence-corrected chi connectivity index (χ2v) is 4.81. The number of ether oxygens (including phenoxy) is 1. The van der Waals surface area contributed by atoms with Gasteiger partial charge < -0.3 is 20.7 Å². The number of nitrogens with zero attached hydrogens (tertiary/aromatic N) is 1. The first-order chi connectivity index (χ1) is 9.55. The quantitative estimate of drug-likeness (QED) is 0.708. The van der Waals surface area contributed by atoms with E-state index >= 15 is 0 Å². The van der Waals surface area contributed by atoms with Crippen molar-refractivity contribution in [3.05, 3.63) is 24.3 Å². The molecular formula is C15H25N3O2. The maximum atomic E-state index is 11.8. The number of carbonyl (C=O) groups excluding carboxylic acids is 1. The predicted octanol–water partition coefficient (Wildman–Crippen LogP) is 1.49. The molecule has 112 valence electrons. The van der Waals surface area contributed by atoms with Crippen LogP contribution in [-0.4, -0.2) is 43.1 Å². The van der Waals surface area contributed by atoms with Crippen LogP contribution in [0.15, 0.2) is 24.3 Å². The van der Waals surface area contributed by atoms with Crippen LogP contribution in [0.25, 0.3) is 0 Å². The Labute approximate surface area is 121 Å². The van der Waals surface area contributed by atoms with Crippen molar-refractivity contribution in [1.29, 1.82) is 0 Å². The summed E-state index contributed by atoms with van der Waals surface area (Å²) < 4.78 is 5.40. The minimum absolute atomic E-state index is 0.0203. The second-order valence-electron chi connectivity index (χ2n) is 4.81. The lowest BCUT2D eigenvalue weighted by molar-refractivity contribution is -0.123. The molecule has 1 aromatic carbocycles. The van der Waals surface area contributed by atoms with Crippen LogP contribution in [0.1, 0.15) is 20.8 Å². The van der Waals surface area contributed by atoms with Gasteiger partial charge in [0.25, 0.3) is 5.91 Å². The van der Waals surface area contributed by atoms with E-state index in [1.807, 2.05) is 6.92 Å². The molecule has 0 aromatic heterocycles. The van der Waals surface area contributed by atoms with E-state index < -0.39 is 0 Å². The van der Waals surface area contributed by atoms with Crippen molar-refractivity contribution in [2.24, 2.45) is 0 Å². The van der Waals surface area contributed by atoms with Crippen LogP contribution < -0.4 is 15.8 Å². The van der Waals surface area contributed by atoms with Crippen LogP contribution in [0.5, 0.6) is 5.75 Å². The summed E-state index contributed by atoms with van der Waals surface area (Å²) in [5, 5.41) is 2.93. The van der Waals surface area contributed by atoms with Gasteiger partial charge in [0, 0.05) is 18.3 Å². The number of rotatable bonds is 8. The van der Waals surface area contributed by atoms with Crippen LogP contribution in [0.4, 0.5) is 5.69 Å². The van der Waals surface area contributed by atoms with Gasteiger partial charge in [0.05, 0.1) is 0 Å². The molecule has 0 aliphatic carbocycles. The molecule has 5 heteroatoms. The largest absolute Gasteiger partial charge is 0.484 e. The van der Waals surface area contributed by atoms with Gasteiger partial charge in [-0.1, -0.05) is 13.8 Å². The van der Waals surface area contributed by atoms with Crippen molar-refractivity contribution in [3.8, 4) is 5.75 Å². The number of nitrogens with two attached hydrogens (primary N) is 1. The fourth-order valence-electron chi connectivity index (χ4n) is 1.94. The number of likely N-dealkylation sites (N-methyl/N-ethyl adjacent to an activating group) is 1. The Morgan fingerprint density at radius 3 is 2.45 bits per heavy atom. The number of nitrogens with one attached hydrogen (secondary N) is 1. The van der Waals surface area contributed by atoms with Gasteiger partial charge in [-0.15, -0.1) is 0 Å². The van der Waals surface area contributed by atoms with E-state index in [1.54, 1.807) is 24.3 Å². The molecule has 0 bridgehead atoms. The molecule has 0 aliphatic heterocycles. The van der Waals surface area contributed by atoms with E-state index in [1.165, 1.54) is 0 Å². The topological polar surface area (TPSA) is 67.6 Å². The monoisotopic (exact) mass is 279 g/mol. The third-order valence-electron chi connectivity index (χ3n) is 3.08. The maximum Gasteiger partial charge on any atom is 0.258 e. The van der Waals surface area contributed by atoms with Gasteiger partial charge in [-0.05, 0) is 44.3 Å². The second kappa shape index (κ2) is 8.43. The lowest BCUT2D eigenvalue weighted by Crippen LogP contribution is -2.43. The summed E-state index contributed by atoms with van der Waals surface area (Å²) >= 11 is 0. The van der Waals surface area contributed by atoms with E-state index in [0.717, 1.165) is 19.6 Å². The molecule has 5 nitrogen and oxygen atoms in total. The van der Waals surface area contributed by atoms with Crippen molar-refractivity contribution in [2.45, 2.75) is 26.8 Å². The van der Waals surface area contributed by atoms with Crippen LogP contribution in [0.3, 0.4) is 0 Å². The third-order valence-corrected chi connectivity index (χ3v) is 3.08. The SMILES string of the molecule is CCN(CC)CC(C)NC(=O)COc1ccc(N)cc1. The van der Waals surface area contributed by atoms with Gasteiger partial charge in [0.1, 0.15) is 5.75 Å².